The van der Waals surface area contributed by atoms with Gasteiger partial charge in [-0.15, -0.1) is 0 Å². The Kier molecular flexibility index (Phi) is 4.61. The highest BCUT2D eigenvalue weighted by Crippen LogP contribution is 2.41. The van der Waals surface area contributed by atoms with E-state index in [1.54, 1.807) is 38.1 Å². The van der Waals surface area contributed by atoms with E-state index >= 15 is 0 Å². The number of benzene rings is 1. The number of aryl methyl sites for hydroxylation is 2. The number of aromatic hydroxyl groups is 2. The molecular formula is C19H17ClN2O4. The summed E-state index contributed by atoms with van der Waals surface area (Å²) in [6, 6.07) is 9.30. The maximum absolute atomic E-state index is 12.6. The number of hydrogen-bond donors (Lipinski definition) is 4. The van der Waals surface area contributed by atoms with Crippen LogP contribution in [-0.4, -0.2) is 20.2 Å². The summed E-state index contributed by atoms with van der Waals surface area (Å²) < 4.78 is 0. The molecule has 0 spiro atoms. The predicted octanol–water partition coefficient (Wildman–Crippen LogP) is 2.92. The van der Waals surface area contributed by atoms with E-state index in [0.29, 0.717) is 27.5 Å². The van der Waals surface area contributed by atoms with E-state index in [1.165, 1.54) is 6.07 Å². The largest absolute Gasteiger partial charge is 0.507 e. The van der Waals surface area contributed by atoms with E-state index in [9.17, 15) is 19.8 Å². The summed E-state index contributed by atoms with van der Waals surface area (Å²) in [5, 5.41) is 21.3. The van der Waals surface area contributed by atoms with Gasteiger partial charge in [-0.2, -0.15) is 0 Å². The molecule has 0 radical (unpaired) electrons. The fourth-order valence-corrected chi connectivity index (χ4v) is 3.42. The van der Waals surface area contributed by atoms with Crippen LogP contribution in [0.3, 0.4) is 0 Å². The lowest BCUT2D eigenvalue weighted by atomic mass is 9.84. The lowest BCUT2D eigenvalue weighted by Gasteiger charge is -2.22. The third-order valence-corrected chi connectivity index (χ3v) is 4.58. The lowest BCUT2D eigenvalue weighted by molar-refractivity contribution is 0.455. The van der Waals surface area contributed by atoms with Gasteiger partial charge in [0.15, 0.2) is 0 Å². The van der Waals surface area contributed by atoms with Crippen LogP contribution in [-0.2, 0) is 0 Å². The predicted molar refractivity (Wildman–Crippen MR) is 99.3 cm³/mol. The first kappa shape index (κ1) is 17.8. The Morgan fingerprint density at radius 3 is 2.23 bits per heavy atom. The van der Waals surface area contributed by atoms with Crippen molar-refractivity contribution >= 4 is 11.6 Å². The van der Waals surface area contributed by atoms with Crippen molar-refractivity contribution in [1.29, 1.82) is 0 Å². The van der Waals surface area contributed by atoms with Crippen LogP contribution in [0.2, 0.25) is 5.02 Å². The van der Waals surface area contributed by atoms with Gasteiger partial charge in [-0.3, -0.25) is 9.59 Å². The molecule has 1 unspecified atom stereocenters. The Balaban J connectivity index is 2.43. The third-order valence-electron chi connectivity index (χ3n) is 4.24. The number of halogens is 1. The fourth-order valence-electron chi connectivity index (χ4n) is 3.17. The van der Waals surface area contributed by atoms with Gasteiger partial charge in [0.25, 0.3) is 11.1 Å². The second-order valence-corrected chi connectivity index (χ2v) is 6.50. The average molecular weight is 373 g/mol. The Morgan fingerprint density at radius 2 is 1.62 bits per heavy atom. The van der Waals surface area contributed by atoms with Gasteiger partial charge in [0.05, 0.1) is 5.56 Å². The summed E-state index contributed by atoms with van der Waals surface area (Å²) in [5.41, 5.74) is 0.748. The molecule has 26 heavy (non-hydrogen) atoms. The van der Waals surface area contributed by atoms with Gasteiger partial charge in [-0.25, -0.2) is 0 Å². The summed E-state index contributed by atoms with van der Waals surface area (Å²) in [7, 11) is 0. The highest BCUT2D eigenvalue weighted by molar-refractivity contribution is 6.31. The zero-order valence-electron chi connectivity index (χ0n) is 14.1. The van der Waals surface area contributed by atoms with E-state index < -0.39 is 17.0 Å². The van der Waals surface area contributed by atoms with Crippen LogP contribution >= 0.6 is 11.6 Å². The summed E-state index contributed by atoms with van der Waals surface area (Å²) in [6.45, 7) is 3.26. The van der Waals surface area contributed by atoms with Gasteiger partial charge in [0.2, 0.25) is 0 Å². The van der Waals surface area contributed by atoms with Crippen LogP contribution in [0.1, 0.15) is 34.0 Å². The number of hydrogen-bond acceptors (Lipinski definition) is 4. The molecule has 3 aromatic rings. The number of pyridine rings is 2. The minimum Gasteiger partial charge on any atom is -0.507 e. The molecule has 0 bridgehead atoms. The second-order valence-electron chi connectivity index (χ2n) is 6.09. The van der Waals surface area contributed by atoms with Gasteiger partial charge in [-0.1, -0.05) is 29.8 Å². The van der Waals surface area contributed by atoms with E-state index in [4.69, 9.17) is 11.6 Å². The number of aromatic amines is 2. The molecule has 1 atom stereocenters. The number of aromatic nitrogens is 2. The summed E-state index contributed by atoms with van der Waals surface area (Å²) in [6.07, 6.45) is 0. The molecule has 3 rings (SSSR count). The van der Waals surface area contributed by atoms with Crippen molar-refractivity contribution in [2.45, 2.75) is 19.8 Å². The fraction of sp³-hybridized carbons (Fsp3) is 0.158. The van der Waals surface area contributed by atoms with Crippen LogP contribution in [0, 0.1) is 13.8 Å². The monoisotopic (exact) mass is 372 g/mol. The van der Waals surface area contributed by atoms with Gasteiger partial charge < -0.3 is 20.2 Å². The van der Waals surface area contributed by atoms with Gasteiger partial charge >= 0.3 is 0 Å². The van der Waals surface area contributed by atoms with E-state index in [-0.39, 0.29) is 17.1 Å². The SMILES string of the molecule is Cc1cc(O)c(C(c2ccccc2Cl)c2c(O)cc(=O)[nH]c2C)c(=O)[nH]1. The maximum atomic E-state index is 12.6. The van der Waals surface area contributed by atoms with Crippen LogP contribution in [0.5, 0.6) is 11.5 Å². The van der Waals surface area contributed by atoms with Crippen molar-refractivity contribution in [1.82, 2.24) is 9.97 Å². The molecule has 0 fully saturated rings. The molecule has 0 aliphatic heterocycles. The first-order valence-corrected chi connectivity index (χ1v) is 8.27. The highest BCUT2D eigenvalue weighted by atomic mass is 35.5. The molecule has 0 saturated carbocycles. The van der Waals surface area contributed by atoms with Crippen molar-refractivity contribution in [3.8, 4) is 11.5 Å². The highest BCUT2D eigenvalue weighted by Gasteiger charge is 2.29. The van der Waals surface area contributed by atoms with Crippen LogP contribution in [0.4, 0.5) is 0 Å². The van der Waals surface area contributed by atoms with Crippen molar-refractivity contribution in [2.24, 2.45) is 0 Å². The molecule has 7 heteroatoms. The summed E-state index contributed by atoms with van der Waals surface area (Å²) in [4.78, 5) is 29.6. The molecule has 4 N–H and O–H groups in total. The van der Waals surface area contributed by atoms with E-state index in [1.807, 2.05) is 0 Å². The number of nitrogens with one attached hydrogen (secondary N) is 2. The van der Waals surface area contributed by atoms with Gasteiger partial charge in [0.1, 0.15) is 11.5 Å². The minimum absolute atomic E-state index is 0.0362. The molecule has 2 heterocycles. The topological polar surface area (TPSA) is 106 Å². The Labute approximate surface area is 153 Å². The first-order chi connectivity index (χ1) is 12.3. The number of H-pyrrole nitrogens is 2. The molecule has 1 aromatic carbocycles. The van der Waals surface area contributed by atoms with Crippen molar-refractivity contribution < 1.29 is 10.2 Å². The summed E-state index contributed by atoms with van der Waals surface area (Å²) in [5.74, 6) is -1.37. The normalized spacial score (nSPS) is 12.1. The molecule has 2 aromatic heterocycles. The Morgan fingerprint density at radius 1 is 0.962 bits per heavy atom. The Hall–Kier alpha value is -2.99. The minimum atomic E-state index is -0.870. The average Bonchev–Trinajstić information content (AvgIpc) is 2.52. The van der Waals surface area contributed by atoms with Crippen LogP contribution < -0.4 is 11.1 Å². The second kappa shape index (κ2) is 6.72. The van der Waals surface area contributed by atoms with Gasteiger partial charge in [0, 0.05) is 34.0 Å². The summed E-state index contributed by atoms with van der Waals surface area (Å²) >= 11 is 6.34. The molecule has 134 valence electrons. The molecule has 0 saturated heterocycles. The van der Waals surface area contributed by atoms with Crippen molar-refractivity contribution in [3.05, 3.63) is 90.2 Å². The van der Waals surface area contributed by atoms with Crippen molar-refractivity contribution in [3.63, 3.8) is 0 Å². The number of rotatable bonds is 3. The molecular weight excluding hydrogens is 356 g/mol. The zero-order chi connectivity index (χ0) is 19.0. The van der Waals surface area contributed by atoms with E-state index in [0.717, 1.165) is 6.07 Å². The molecule has 0 amide bonds. The van der Waals surface area contributed by atoms with Gasteiger partial charge in [-0.05, 0) is 31.5 Å². The smallest absolute Gasteiger partial charge is 0.256 e. The maximum Gasteiger partial charge on any atom is 0.256 e. The first-order valence-electron chi connectivity index (χ1n) is 7.89. The quantitative estimate of drug-likeness (QED) is 0.567. The molecule has 0 aliphatic rings. The lowest BCUT2D eigenvalue weighted by Crippen LogP contribution is -2.21. The van der Waals surface area contributed by atoms with Crippen LogP contribution in [0.15, 0.2) is 46.0 Å². The zero-order valence-corrected chi connectivity index (χ0v) is 14.9. The molecule has 6 nitrogen and oxygen atoms in total. The van der Waals surface area contributed by atoms with Crippen LogP contribution in [0.25, 0.3) is 0 Å². The van der Waals surface area contributed by atoms with E-state index in [2.05, 4.69) is 9.97 Å². The molecule has 0 aliphatic carbocycles. The standard InChI is InChI=1S/C19H17ClN2O4/c1-9-7-13(23)18(19(26)21-9)17(11-5-3-4-6-12(11)20)16-10(2)22-15(25)8-14(16)24/h3-8,17H,1-2H3,(H2,21,23,26)(H2,22,24,25). The Bertz CT molecular complexity index is 1080. The van der Waals surface area contributed by atoms with Crippen molar-refractivity contribution in [2.75, 3.05) is 0 Å². The third kappa shape index (κ3) is 3.11.